The summed E-state index contributed by atoms with van der Waals surface area (Å²) < 4.78 is 40.4. The molecule has 1 fully saturated rings. The summed E-state index contributed by atoms with van der Waals surface area (Å²) in [6.45, 7) is -1.18. The molecule has 0 bridgehead atoms. The first-order valence-corrected chi connectivity index (χ1v) is 4.67. The minimum atomic E-state index is -4.25. The summed E-state index contributed by atoms with van der Waals surface area (Å²) in [7, 11) is 0. The van der Waals surface area contributed by atoms with Crippen molar-refractivity contribution in [3.63, 3.8) is 0 Å². The zero-order valence-corrected chi connectivity index (χ0v) is 7.81. The summed E-state index contributed by atoms with van der Waals surface area (Å²) >= 11 is 0. The predicted octanol–water partition coefficient (Wildman–Crippen LogP) is 2.76. The second-order valence-electron chi connectivity index (χ2n) is 3.52. The van der Waals surface area contributed by atoms with Gasteiger partial charge in [0.1, 0.15) is 6.61 Å². The Morgan fingerprint density at radius 2 is 1.93 bits per heavy atom. The summed E-state index contributed by atoms with van der Waals surface area (Å²) in [6.07, 6.45) is 3.87. The molecule has 4 heteroatoms. The number of rotatable bonds is 2. The third-order valence-electron chi connectivity index (χ3n) is 2.38. The molecule has 2 unspecified atom stereocenters. The molecule has 0 saturated heterocycles. The van der Waals surface area contributed by atoms with E-state index < -0.39 is 18.9 Å². The lowest BCUT2D eigenvalue weighted by atomic mass is 9.87. The van der Waals surface area contributed by atoms with E-state index in [1.807, 2.05) is 0 Å². The molecule has 80 valence electrons. The fourth-order valence-corrected chi connectivity index (χ4v) is 1.69. The van der Waals surface area contributed by atoms with Crippen LogP contribution in [0.1, 0.15) is 25.7 Å². The highest BCUT2D eigenvalue weighted by atomic mass is 19.4. The third-order valence-corrected chi connectivity index (χ3v) is 2.38. The van der Waals surface area contributed by atoms with Gasteiger partial charge in [-0.1, -0.05) is 12.8 Å². The maximum atomic E-state index is 11.9. The zero-order chi connectivity index (χ0) is 10.6. The minimum absolute atomic E-state index is 0.147. The molecule has 1 aliphatic carbocycles. The molecule has 0 radical (unpaired) electrons. The van der Waals surface area contributed by atoms with Crippen molar-refractivity contribution in [3.8, 4) is 12.3 Å². The molecular formula is C10H13F3O. The Kier molecular flexibility index (Phi) is 3.82. The molecule has 1 aliphatic rings. The van der Waals surface area contributed by atoms with Crippen LogP contribution in [0.3, 0.4) is 0 Å². The Morgan fingerprint density at radius 3 is 2.50 bits per heavy atom. The molecule has 1 rings (SSSR count). The van der Waals surface area contributed by atoms with Crippen LogP contribution in [0.25, 0.3) is 0 Å². The summed E-state index contributed by atoms with van der Waals surface area (Å²) in [5.74, 6) is 2.35. The quantitative estimate of drug-likeness (QED) is 0.631. The Balaban J connectivity index is 2.38. The van der Waals surface area contributed by atoms with Crippen molar-refractivity contribution in [1.82, 2.24) is 0 Å². The van der Waals surface area contributed by atoms with Gasteiger partial charge in [-0.15, -0.1) is 12.3 Å². The van der Waals surface area contributed by atoms with Crippen LogP contribution >= 0.6 is 0 Å². The number of hydrogen-bond donors (Lipinski definition) is 0. The van der Waals surface area contributed by atoms with Crippen molar-refractivity contribution in [2.45, 2.75) is 38.0 Å². The van der Waals surface area contributed by atoms with Crippen LogP contribution in [0.5, 0.6) is 0 Å². The molecular weight excluding hydrogens is 193 g/mol. The van der Waals surface area contributed by atoms with E-state index >= 15 is 0 Å². The molecule has 14 heavy (non-hydrogen) atoms. The van der Waals surface area contributed by atoms with E-state index in [2.05, 4.69) is 5.92 Å². The fraction of sp³-hybridized carbons (Fsp3) is 0.800. The maximum absolute atomic E-state index is 11.9. The molecule has 1 nitrogen and oxygen atoms in total. The van der Waals surface area contributed by atoms with Crippen molar-refractivity contribution in [1.29, 1.82) is 0 Å². The third kappa shape index (κ3) is 3.59. The highest BCUT2D eigenvalue weighted by molar-refractivity contribution is 4.98. The van der Waals surface area contributed by atoms with Gasteiger partial charge in [0.05, 0.1) is 6.10 Å². The molecule has 0 aromatic heterocycles. The first-order chi connectivity index (χ1) is 6.53. The molecule has 0 N–H and O–H groups in total. The molecule has 0 amide bonds. The van der Waals surface area contributed by atoms with Gasteiger partial charge < -0.3 is 4.74 Å². The van der Waals surface area contributed by atoms with Crippen LogP contribution in [-0.2, 0) is 4.74 Å². The molecule has 0 aromatic carbocycles. The lowest BCUT2D eigenvalue weighted by molar-refractivity contribution is -0.191. The Morgan fingerprint density at radius 1 is 1.29 bits per heavy atom. The van der Waals surface area contributed by atoms with Gasteiger partial charge >= 0.3 is 6.18 Å². The number of alkyl halides is 3. The van der Waals surface area contributed by atoms with Crippen molar-refractivity contribution in [3.05, 3.63) is 0 Å². The first kappa shape index (κ1) is 11.4. The van der Waals surface area contributed by atoms with Gasteiger partial charge in [0.2, 0.25) is 0 Å². The van der Waals surface area contributed by atoms with E-state index in [0.29, 0.717) is 6.42 Å². The molecule has 1 saturated carbocycles. The summed E-state index contributed by atoms with van der Waals surface area (Å²) in [4.78, 5) is 0. The SMILES string of the molecule is C#CC1CCCCC1OCC(F)(F)F. The van der Waals surface area contributed by atoms with Gasteiger partial charge in [0.25, 0.3) is 0 Å². The van der Waals surface area contributed by atoms with Gasteiger partial charge in [-0.05, 0) is 12.8 Å². The first-order valence-electron chi connectivity index (χ1n) is 4.67. The highest BCUT2D eigenvalue weighted by Crippen LogP contribution is 2.28. The average Bonchev–Trinajstić information content (AvgIpc) is 2.14. The highest BCUT2D eigenvalue weighted by Gasteiger charge is 2.32. The van der Waals surface area contributed by atoms with Crippen molar-refractivity contribution >= 4 is 0 Å². The van der Waals surface area contributed by atoms with Gasteiger partial charge in [-0.3, -0.25) is 0 Å². The lowest BCUT2D eigenvalue weighted by Gasteiger charge is -2.28. The van der Waals surface area contributed by atoms with E-state index in [4.69, 9.17) is 11.2 Å². The Hall–Kier alpha value is -0.690. The largest absolute Gasteiger partial charge is 0.411 e. The van der Waals surface area contributed by atoms with Crippen LogP contribution < -0.4 is 0 Å². The summed E-state index contributed by atoms with van der Waals surface area (Å²) in [5.41, 5.74) is 0. The Bertz CT molecular complexity index is 216. The van der Waals surface area contributed by atoms with Crippen molar-refractivity contribution < 1.29 is 17.9 Å². The molecule has 0 spiro atoms. The lowest BCUT2D eigenvalue weighted by Crippen LogP contribution is -2.30. The van der Waals surface area contributed by atoms with E-state index in [9.17, 15) is 13.2 Å². The number of terminal acetylenes is 1. The monoisotopic (exact) mass is 206 g/mol. The molecule has 0 aliphatic heterocycles. The standard InChI is InChI=1S/C10H13F3O/c1-2-8-5-3-4-6-9(8)14-7-10(11,12)13/h1,8-9H,3-7H2. The zero-order valence-electron chi connectivity index (χ0n) is 7.81. The van der Waals surface area contributed by atoms with E-state index in [-0.39, 0.29) is 5.92 Å². The van der Waals surface area contributed by atoms with Crippen LogP contribution in [0.2, 0.25) is 0 Å². The summed E-state index contributed by atoms with van der Waals surface area (Å²) in [6, 6.07) is 0. The minimum Gasteiger partial charge on any atom is -0.368 e. The van der Waals surface area contributed by atoms with Crippen molar-refractivity contribution in [2.24, 2.45) is 5.92 Å². The second-order valence-corrected chi connectivity index (χ2v) is 3.52. The maximum Gasteiger partial charge on any atom is 0.411 e. The van der Waals surface area contributed by atoms with E-state index in [1.165, 1.54) is 0 Å². The van der Waals surface area contributed by atoms with Gasteiger partial charge in [-0.2, -0.15) is 13.2 Å². The number of halogens is 3. The van der Waals surface area contributed by atoms with Crippen LogP contribution in [0.4, 0.5) is 13.2 Å². The van der Waals surface area contributed by atoms with Gasteiger partial charge in [-0.25, -0.2) is 0 Å². The van der Waals surface area contributed by atoms with E-state index in [1.54, 1.807) is 0 Å². The van der Waals surface area contributed by atoms with E-state index in [0.717, 1.165) is 19.3 Å². The van der Waals surface area contributed by atoms with Crippen LogP contribution in [0.15, 0.2) is 0 Å². The topological polar surface area (TPSA) is 9.23 Å². The normalized spacial score (nSPS) is 28.4. The predicted molar refractivity (Wildman–Crippen MR) is 46.6 cm³/mol. The number of hydrogen-bond acceptors (Lipinski definition) is 1. The Labute approximate surface area is 81.6 Å². The molecule has 0 aromatic rings. The van der Waals surface area contributed by atoms with Gasteiger partial charge in [0, 0.05) is 5.92 Å². The average molecular weight is 206 g/mol. The summed E-state index contributed by atoms with van der Waals surface area (Å²) in [5, 5.41) is 0. The van der Waals surface area contributed by atoms with Crippen LogP contribution in [-0.4, -0.2) is 18.9 Å². The van der Waals surface area contributed by atoms with Crippen molar-refractivity contribution in [2.75, 3.05) is 6.61 Å². The molecule has 2 atom stereocenters. The fourth-order valence-electron chi connectivity index (χ4n) is 1.69. The smallest absolute Gasteiger partial charge is 0.368 e. The van der Waals surface area contributed by atoms with Gasteiger partial charge in [0.15, 0.2) is 0 Å². The van der Waals surface area contributed by atoms with Crippen LogP contribution in [0, 0.1) is 18.3 Å². The molecule has 0 heterocycles. The second kappa shape index (κ2) is 4.70. The number of ether oxygens (including phenoxy) is 1.